The summed E-state index contributed by atoms with van der Waals surface area (Å²) in [5, 5.41) is 0.659. The molecular formula is C13H11ClN4OS. The van der Waals surface area contributed by atoms with Crippen LogP contribution in [-0.2, 0) is 17.8 Å². The monoisotopic (exact) mass is 306 g/mol. The van der Waals surface area contributed by atoms with Gasteiger partial charge < -0.3 is 10.7 Å². The highest BCUT2D eigenvalue weighted by Gasteiger charge is 2.30. The summed E-state index contributed by atoms with van der Waals surface area (Å²) in [6, 6.07) is 7.33. The number of aromatic nitrogens is 2. The molecule has 0 saturated heterocycles. The number of nitrogens with one attached hydrogen (secondary N) is 1. The van der Waals surface area contributed by atoms with E-state index in [0.717, 1.165) is 5.56 Å². The van der Waals surface area contributed by atoms with Crippen LogP contribution in [0, 0.1) is 4.77 Å². The van der Waals surface area contributed by atoms with Gasteiger partial charge in [0.05, 0.1) is 13.0 Å². The van der Waals surface area contributed by atoms with E-state index in [1.54, 1.807) is 17.0 Å². The van der Waals surface area contributed by atoms with E-state index in [1.165, 1.54) is 0 Å². The minimum atomic E-state index is -0.0387. The minimum absolute atomic E-state index is 0.0387. The van der Waals surface area contributed by atoms with E-state index in [4.69, 9.17) is 29.6 Å². The summed E-state index contributed by atoms with van der Waals surface area (Å²) in [7, 11) is 0. The molecule has 0 fully saturated rings. The lowest BCUT2D eigenvalue weighted by molar-refractivity contribution is -0.117. The van der Waals surface area contributed by atoms with E-state index in [0.29, 0.717) is 28.8 Å². The summed E-state index contributed by atoms with van der Waals surface area (Å²) in [5.74, 6) is 0.918. The first-order chi connectivity index (χ1) is 9.54. The molecule has 0 saturated carbocycles. The molecular weight excluding hydrogens is 296 g/mol. The number of H-pyrrole nitrogens is 1. The number of hydrogen-bond donors (Lipinski definition) is 2. The average Bonchev–Trinajstić information content (AvgIpc) is 2.70. The Hall–Kier alpha value is -1.92. The predicted octanol–water partition coefficient (Wildman–Crippen LogP) is 2.46. The number of rotatable bonds is 2. The predicted molar refractivity (Wildman–Crippen MR) is 80.2 cm³/mol. The fourth-order valence-corrected chi connectivity index (χ4v) is 2.52. The Labute approximate surface area is 125 Å². The van der Waals surface area contributed by atoms with E-state index in [9.17, 15) is 4.79 Å². The molecule has 2 heterocycles. The lowest BCUT2D eigenvalue weighted by atomic mass is 10.2. The Morgan fingerprint density at radius 3 is 2.80 bits per heavy atom. The second-order valence-corrected chi connectivity index (χ2v) is 5.36. The number of nitrogen functional groups attached to an aromatic ring is 1. The van der Waals surface area contributed by atoms with Crippen LogP contribution in [0.3, 0.4) is 0 Å². The quantitative estimate of drug-likeness (QED) is 0.836. The molecule has 3 N–H and O–H groups in total. The Morgan fingerprint density at radius 2 is 2.10 bits per heavy atom. The lowest BCUT2D eigenvalue weighted by Gasteiger charge is -2.16. The summed E-state index contributed by atoms with van der Waals surface area (Å²) < 4.78 is 0.275. The van der Waals surface area contributed by atoms with Crippen LogP contribution in [0.5, 0.6) is 0 Å². The highest BCUT2D eigenvalue weighted by atomic mass is 35.5. The summed E-state index contributed by atoms with van der Waals surface area (Å²) in [4.78, 5) is 20.7. The molecule has 20 heavy (non-hydrogen) atoms. The molecule has 1 aromatic carbocycles. The van der Waals surface area contributed by atoms with Gasteiger partial charge in [0.15, 0.2) is 4.77 Å². The zero-order valence-corrected chi connectivity index (χ0v) is 12.0. The molecule has 7 heteroatoms. The largest absolute Gasteiger partial charge is 0.385 e. The lowest BCUT2D eigenvalue weighted by Crippen LogP contribution is -2.26. The summed E-state index contributed by atoms with van der Waals surface area (Å²) >= 11 is 10.9. The SMILES string of the molecule is Nc1[nH]c(=S)nc2c1CC(=O)N2Cc1ccc(Cl)cc1. The van der Waals surface area contributed by atoms with Gasteiger partial charge in [-0.05, 0) is 29.9 Å². The third-order valence-electron chi connectivity index (χ3n) is 3.18. The molecule has 0 bridgehead atoms. The average molecular weight is 307 g/mol. The molecule has 2 aromatic rings. The molecule has 0 spiro atoms. The molecule has 3 rings (SSSR count). The smallest absolute Gasteiger partial charge is 0.233 e. The molecule has 0 atom stereocenters. The van der Waals surface area contributed by atoms with Gasteiger partial charge in [0, 0.05) is 10.6 Å². The summed E-state index contributed by atoms with van der Waals surface area (Å²) in [6.07, 6.45) is 0.244. The number of aromatic amines is 1. The van der Waals surface area contributed by atoms with Crippen molar-refractivity contribution in [3.05, 3.63) is 45.2 Å². The van der Waals surface area contributed by atoms with Gasteiger partial charge >= 0.3 is 0 Å². The summed E-state index contributed by atoms with van der Waals surface area (Å²) in [5.41, 5.74) is 7.53. The van der Waals surface area contributed by atoms with E-state index in [-0.39, 0.29) is 17.1 Å². The van der Waals surface area contributed by atoms with E-state index in [2.05, 4.69) is 9.97 Å². The minimum Gasteiger partial charge on any atom is -0.385 e. The first-order valence-corrected chi connectivity index (χ1v) is 6.76. The second-order valence-electron chi connectivity index (χ2n) is 4.54. The Morgan fingerprint density at radius 1 is 1.40 bits per heavy atom. The first-order valence-electron chi connectivity index (χ1n) is 5.98. The van der Waals surface area contributed by atoms with Crippen molar-refractivity contribution in [1.29, 1.82) is 0 Å². The topological polar surface area (TPSA) is 75.0 Å². The van der Waals surface area contributed by atoms with Gasteiger partial charge in [0.2, 0.25) is 5.91 Å². The number of hydrogen-bond acceptors (Lipinski definition) is 4. The number of fused-ring (bicyclic) bond motifs is 1. The maximum Gasteiger partial charge on any atom is 0.233 e. The standard InChI is InChI=1S/C13H11ClN4OS/c14-8-3-1-7(2-4-8)6-18-10(19)5-9-11(15)16-13(20)17-12(9)18/h1-4H,5-6H2,(H3,15,16,17,20). The van der Waals surface area contributed by atoms with Crippen molar-refractivity contribution < 1.29 is 4.79 Å². The van der Waals surface area contributed by atoms with Crippen LogP contribution in [0.4, 0.5) is 11.6 Å². The zero-order chi connectivity index (χ0) is 14.3. The molecule has 5 nitrogen and oxygen atoms in total. The third-order valence-corrected chi connectivity index (χ3v) is 3.63. The highest BCUT2D eigenvalue weighted by Crippen LogP contribution is 2.31. The van der Waals surface area contributed by atoms with Crippen LogP contribution in [0.15, 0.2) is 24.3 Å². The van der Waals surface area contributed by atoms with Gasteiger partial charge in [0.1, 0.15) is 11.6 Å². The van der Waals surface area contributed by atoms with E-state index < -0.39 is 0 Å². The Balaban J connectivity index is 1.98. The van der Waals surface area contributed by atoms with Crippen molar-refractivity contribution in [3.8, 4) is 0 Å². The number of anilines is 2. The van der Waals surface area contributed by atoms with Crippen LogP contribution < -0.4 is 10.6 Å². The molecule has 1 aromatic heterocycles. The number of nitrogens with zero attached hydrogens (tertiary/aromatic N) is 2. The van der Waals surface area contributed by atoms with Crippen LogP contribution in [-0.4, -0.2) is 15.9 Å². The van der Waals surface area contributed by atoms with Gasteiger partial charge in [-0.25, -0.2) is 4.98 Å². The Bertz CT molecular complexity index is 741. The van der Waals surface area contributed by atoms with Crippen molar-refractivity contribution in [2.75, 3.05) is 10.6 Å². The third kappa shape index (κ3) is 2.28. The number of amides is 1. The number of nitrogens with two attached hydrogens (primary N) is 1. The number of carbonyl (C=O) groups is 1. The fraction of sp³-hybridized carbons (Fsp3) is 0.154. The van der Waals surface area contributed by atoms with Crippen LogP contribution in [0.25, 0.3) is 0 Å². The summed E-state index contributed by atoms with van der Waals surface area (Å²) in [6.45, 7) is 0.425. The molecule has 1 aliphatic heterocycles. The fourth-order valence-electron chi connectivity index (χ4n) is 2.20. The van der Waals surface area contributed by atoms with Crippen molar-refractivity contribution in [2.24, 2.45) is 0 Å². The van der Waals surface area contributed by atoms with Gasteiger partial charge in [-0.2, -0.15) is 0 Å². The van der Waals surface area contributed by atoms with Crippen molar-refractivity contribution in [1.82, 2.24) is 9.97 Å². The molecule has 0 radical (unpaired) electrons. The van der Waals surface area contributed by atoms with Crippen LogP contribution in [0.1, 0.15) is 11.1 Å². The van der Waals surface area contributed by atoms with Gasteiger partial charge in [-0.3, -0.25) is 9.69 Å². The Kier molecular flexibility index (Phi) is 3.19. The van der Waals surface area contributed by atoms with Gasteiger partial charge in [0.25, 0.3) is 0 Å². The number of halogens is 1. The molecule has 1 aliphatic rings. The first kappa shape index (κ1) is 13.1. The van der Waals surface area contributed by atoms with Crippen molar-refractivity contribution >= 4 is 41.4 Å². The molecule has 1 amide bonds. The van der Waals surface area contributed by atoms with Gasteiger partial charge in [-0.1, -0.05) is 23.7 Å². The zero-order valence-electron chi connectivity index (χ0n) is 10.4. The van der Waals surface area contributed by atoms with Crippen LogP contribution >= 0.6 is 23.8 Å². The molecule has 102 valence electrons. The molecule has 0 unspecified atom stereocenters. The van der Waals surface area contributed by atoms with Crippen molar-refractivity contribution in [2.45, 2.75) is 13.0 Å². The normalized spacial score (nSPS) is 13.7. The second kappa shape index (κ2) is 4.88. The molecule has 0 aliphatic carbocycles. The maximum absolute atomic E-state index is 12.1. The van der Waals surface area contributed by atoms with Crippen molar-refractivity contribution in [3.63, 3.8) is 0 Å². The number of benzene rings is 1. The van der Waals surface area contributed by atoms with Crippen LogP contribution in [0.2, 0.25) is 5.02 Å². The van der Waals surface area contributed by atoms with Gasteiger partial charge in [-0.15, -0.1) is 0 Å². The van der Waals surface area contributed by atoms with E-state index >= 15 is 0 Å². The number of carbonyl (C=O) groups excluding carboxylic acids is 1. The highest BCUT2D eigenvalue weighted by molar-refractivity contribution is 7.71. The van der Waals surface area contributed by atoms with E-state index in [1.807, 2.05) is 12.1 Å². The maximum atomic E-state index is 12.1.